The van der Waals surface area contributed by atoms with E-state index in [0.29, 0.717) is 18.1 Å². The molecule has 6 nitrogen and oxygen atoms in total. The van der Waals surface area contributed by atoms with Gasteiger partial charge in [0.05, 0.1) is 17.5 Å². The Balaban J connectivity index is 1.72. The van der Waals surface area contributed by atoms with Gasteiger partial charge in [-0.2, -0.15) is 4.31 Å². The van der Waals surface area contributed by atoms with Crippen molar-refractivity contribution in [3.63, 3.8) is 0 Å². The molecule has 0 bridgehead atoms. The van der Waals surface area contributed by atoms with Crippen LogP contribution in [0.3, 0.4) is 0 Å². The molecule has 1 unspecified atom stereocenters. The van der Waals surface area contributed by atoms with Gasteiger partial charge in [-0.3, -0.25) is 4.79 Å². The van der Waals surface area contributed by atoms with Gasteiger partial charge in [-0.1, -0.05) is 48.0 Å². The number of carbonyl (C=O) groups is 1. The summed E-state index contributed by atoms with van der Waals surface area (Å²) in [4.78, 5) is 15.6. The Morgan fingerprint density at radius 2 is 1.67 bits per heavy atom. The highest BCUT2D eigenvalue weighted by Gasteiger charge is 2.39. The molecule has 1 aliphatic rings. The minimum absolute atomic E-state index is 0.169. The first kappa shape index (κ1) is 23.5. The molecule has 0 N–H and O–H groups in total. The van der Waals surface area contributed by atoms with Crippen molar-refractivity contribution in [1.29, 1.82) is 0 Å². The molecule has 0 aliphatic carbocycles. The maximum atomic E-state index is 13.7. The zero-order chi connectivity index (χ0) is 23.8. The Morgan fingerprint density at radius 3 is 2.33 bits per heavy atom. The molecular formula is C25H28ClN3O3S. The van der Waals surface area contributed by atoms with Crippen LogP contribution in [0.2, 0.25) is 5.02 Å². The fourth-order valence-electron chi connectivity index (χ4n) is 4.29. The summed E-state index contributed by atoms with van der Waals surface area (Å²) in [7, 11) is -3.88. The molecule has 1 aliphatic heterocycles. The Kier molecular flexibility index (Phi) is 6.40. The normalized spacial score (nSPS) is 16.6. The highest BCUT2D eigenvalue weighted by Crippen LogP contribution is 2.36. The fourth-order valence-corrected chi connectivity index (χ4v) is 6.29. The van der Waals surface area contributed by atoms with Gasteiger partial charge in [-0.05, 0) is 56.7 Å². The van der Waals surface area contributed by atoms with Crippen LogP contribution in [0, 0.1) is 0 Å². The third-order valence-electron chi connectivity index (χ3n) is 5.92. The lowest BCUT2D eigenvalue weighted by Gasteiger charge is -2.40. The van der Waals surface area contributed by atoms with E-state index in [4.69, 9.17) is 11.6 Å². The van der Waals surface area contributed by atoms with Gasteiger partial charge in [-0.25, -0.2) is 8.42 Å². The summed E-state index contributed by atoms with van der Waals surface area (Å²) in [6, 6.07) is 19.3. The molecule has 2 aromatic carbocycles. The molecular weight excluding hydrogens is 458 g/mol. The number of hydrogen-bond donors (Lipinski definition) is 0. The first-order valence-electron chi connectivity index (χ1n) is 10.9. The summed E-state index contributed by atoms with van der Waals surface area (Å²) in [5.74, 6) is -0.262. The van der Waals surface area contributed by atoms with Gasteiger partial charge in [0, 0.05) is 35.5 Å². The number of carbonyl (C=O) groups excluding carboxylic acids is 1. The van der Waals surface area contributed by atoms with Gasteiger partial charge >= 0.3 is 0 Å². The quantitative estimate of drug-likeness (QED) is 0.532. The zero-order valence-electron chi connectivity index (χ0n) is 19.0. The minimum Gasteiger partial charge on any atom is -0.348 e. The fraction of sp³-hybridized carbons (Fsp3) is 0.320. The lowest BCUT2D eigenvalue weighted by atomic mass is 9.99. The molecule has 8 heteroatoms. The van der Waals surface area contributed by atoms with Crippen LogP contribution < -0.4 is 0 Å². The monoisotopic (exact) mass is 485 g/mol. The molecule has 2 heterocycles. The Hall–Kier alpha value is -2.61. The summed E-state index contributed by atoms with van der Waals surface area (Å²) in [5, 5.41) is 0.569. The van der Waals surface area contributed by atoms with E-state index in [1.165, 1.54) is 4.31 Å². The van der Waals surface area contributed by atoms with Crippen LogP contribution in [0.1, 0.15) is 38.1 Å². The summed E-state index contributed by atoms with van der Waals surface area (Å²) in [6.07, 6.45) is 1.99. The average molecular weight is 486 g/mol. The number of nitrogens with zero attached hydrogens (tertiary/aromatic N) is 3. The van der Waals surface area contributed by atoms with Crippen molar-refractivity contribution in [2.75, 3.05) is 13.1 Å². The third-order valence-corrected chi connectivity index (χ3v) is 8.39. The molecule has 0 fully saturated rings. The summed E-state index contributed by atoms with van der Waals surface area (Å²) in [5.41, 5.74) is 0.983. The molecule has 1 atom stereocenters. The standard InChI is InChI=1S/C25H28ClN3O3S/c1-25(2,3)29(33(31,32)19-10-5-4-6-11-19)18-23(30)28-17-16-27-15-9-14-22(27)24(28)20-12-7-8-13-21(20)26/h4-15,24H,16-18H2,1-3H3. The molecule has 0 spiro atoms. The largest absolute Gasteiger partial charge is 0.348 e. The molecule has 3 aromatic rings. The minimum atomic E-state index is -3.88. The number of amides is 1. The first-order chi connectivity index (χ1) is 15.6. The van der Waals surface area contributed by atoms with Crippen molar-refractivity contribution in [2.24, 2.45) is 0 Å². The highest BCUT2D eigenvalue weighted by atomic mass is 35.5. The smallest absolute Gasteiger partial charge is 0.244 e. The maximum Gasteiger partial charge on any atom is 0.244 e. The SMILES string of the molecule is CC(C)(C)N(CC(=O)N1CCn2cccc2C1c1ccccc1Cl)S(=O)(=O)c1ccccc1. The summed E-state index contributed by atoms with van der Waals surface area (Å²) < 4.78 is 30.4. The van der Waals surface area contributed by atoms with Crippen molar-refractivity contribution in [1.82, 2.24) is 13.8 Å². The topological polar surface area (TPSA) is 62.6 Å². The van der Waals surface area contributed by atoms with E-state index in [2.05, 4.69) is 4.57 Å². The molecule has 0 saturated heterocycles. The van der Waals surface area contributed by atoms with E-state index >= 15 is 0 Å². The molecule has 33 heavy (non-hydrogen) atoms. The summed E-state index contributed by atoms with van der Waals surface area (Å²) >= 11 is 6.54. The van der Waals surface area contributed by atoms with E-state index in [1.54, 1.807) is 56.0 Å². The van der Waals surface area contributed by atoms with Gasteiger partial charge in [0.1, 0.15) is 0 Å². The number of sulfonamides is 1. The molecule has 174 valence electrons. The van der Waals surface area contributed by atoms with Gasteiger partial charge in [0.25, 0.3) is 0 Å². The van der Waals surface area contributed by atoms with Crippen LogP contribution in [-0.2, 0) is 21.4 Å². The van der Waals surface area contributed by atoms with Crippen molar-refractivity contribution < 1.29 is 13.2 Å². The van der Waals surface area contributed by atoms with Crippen molar-refractivity contribution in [2.45, 2.75) is 43.8 Å². The Labute approximate surface area is 200 Å². The van der Waals surface area contributed by atoms with Gasteiger partial charge in [-0.15, -0.1) is 0 Å². The number of aromatic nitrogens is 1. The van der Waals surface area contributed by atoms with E-state index in [-0.39, 0.29) is 17.3 Å². The van der Waals surface area contributed by atoms with Crippen LogP contribution in [0.25, 0.3) is 0 Å². The van der Waals surface area contributed by atoms with Crippen LogP contribution in [0.15, 0.2) is 77.8 Å². The second-order valence-corrected chi connectivity index (χ2v) is 11.4. The van der Waals surface area contributed by atoms with Crippen LogP contribution in [0.4, 0.5) is 0 Å². The molecule has 4 rings (SSSR count). The summed E-state index contributed by atoms with van der Waals surface area (Å²) in [6.45, 7) is 6.23. The lowest BCUT2D eigenvalue weighted by molar-refractivity contribution is -0.134. The van der Waals surface area contributed by atoms with Crippen LogP contribution in [0.5, 0.6) is 0 Å². The first-order valence-corrected chi connectivity index (χ1v) is 12.7. The predicted molar refractivity (Wildman–Crippen MR) is 130 cm³/mol. The van der Waals surface area contributed by atoms with Crippen LogP contribution in [-0.4, -0.2) is 46.7 Å². The van der Waals surface area contributed by atoms with Crippen LogP contribution >= 0.6 is 11.6 Å². The molecule has 0 saturated carbocycles. The Morgan fingerprint density at radius 1 is 1.00 bits per heavy atom. The number of halogens is 1. The van der Waals surface area contributed by atoms with Crippen molar-refractivity contribution in [3.8, 4) is 0 Å². The second-order valence-electron chi connectivity index (χ2n) is 9.13. The van der Waals surface area contributed by atoms with E-state index in [9.17, 15) is 13.2 Å². The maximum absolute atomic E-state index is 13.7. The van der Waals surface area contributed by atoms with Gasteiger partial charge < -0.3 is 9.47 Å². The molecule has 1 aromatic heterocycles. The average Bonchev–Trinajstić information content (AvgIpc) is 3.26. The van der Waals surface area contributed by atoms with Gasteiger partial charge in [0.2, 0.25) is 15.9 Å². The van der Waals surface area contributed by atoms with Crippen molar-refractivity contribution in [3.05, 3.63) is 89.2 Å². The number of benzene rings is 2. The zero-order valence-corrected chi connectivity index (χ0v) is 20.6. The highest BCUT2D eigenvalue weighted by molar-refractivity contribution is 7.89. The molecule has 1 amide bonds. The molecule has 0 radical (unpaired) electrons. The lowest BCUT2D eigenvalue weighted by Crippen LogP contribution is -2.53. The number of rotatable bonds is 5. The second kappa shape index (κ2) is 8.97. The predicted octanol–water partition coefficient (Wildman–Crippen LogP) is 4.56. The Bertz CT molecular complexity index is 1250. The third kappa shape index (κ3) is 4.58. The van der Waals surface area contributed by atoms with E-state index < -0.39 is 21.6 Å². The van der Waals surface area contributed by atoms with E-state index in [0.717, 1.165) is 11.3 Å². The number of fused-ring (bicyclic) bond motifs is 1. The van der Waals surface area contributed by atoms with Crippen molar-refractivity contribution >= 4 is 27.5 Å². The van der Waals surface area contributed by atoms with Gasteiger partial charge in [0.15, 0.2) is 0 Å². The number of hydrogen-bond acceptors (Lipinski definition) is 3. The van der Waals surface area contributed by atoms with E-state index in [1.807, 2.05) is 42.6 Å².